The summed E-state index contributed by atoms with van der Waals surface area (Å²) in [4.78, 5) is 14.5. The number of H-pyrrole nitrogens is 1. The number of fused-ring (bicyclic) bond motifs is 1. The number of benzene rings is 1. The van der Waals surface area contributed by atoms with Gasteiger partial charge in [-0.1, -0.05) is 13.0 Å². The Hall–Kier alpha value is -1.98. The van der Waals surface area contributed by atoms with Crippen LogP contribution in [0.4, 0.5) is 13.2 Å². The summed E-state index contributed by atoms with van der Waals surface area (Å²) in [6.07, 6.45) is -4.26. The van der Waals surface area contributed by atoms with Crippen LogP contribution in [-0.4, -0.2) is 11.3 Å². The van der Waals surface area contributed by atoms with E-state index in [1.54, 1.807) is 6.92 Å². The second-order valence-electron chi connectivity index (χ2n) is 3.74. The number of aromatic nitrogens is 1. The highest BCUT2D eigenvalue weighted by atomic mass is 19.4. The Morgan fingerprint density at radius 2 is 2.06 bits per heavy atom. The number of ether oxygens (including phenoxy) is 1. The van der Waals surface area contributed by atoms with Crippen molar-refractivity contribution in [1.82, 2.24) is 4.98 Å². The zero-order valence-corrected chi connectivity index (χ0v) is 9.47. The molecule has 96 valence electrons. The quantitative estimate of drug-likeness (QED) is 0.898. The van der Waals surface area contributed by atoms with Crippen LogP contribution in [0.2, 0.25) is 0 Å². The lowest BCUT2D eigenvalue weighted by Gasteiger charge is -2.11. The minimum Gasteiger partial charge on any atom is -0.404 e. The van der Waals surface area contributed by atoms with Crippen molar-refractivity contribution in [3.63, 3.8) is 0 Å². The first-order valence-corrected chi connectivity index (χ1v) is 5.31. The van der Waals surface area contributed by atoms with Crippen molar-refractivity contribution in [2.45, 2.75) is 19.7 Å². The summed E-state index contributed by atoms with van der Waals surface area (Å²) in [7, 11) is 0. The van der Waals surface area contributed by atoms with E-state index in [1.165, 1.54) is 24.3 Å². The predicted molar refractivity (Wildman–Crippen MR) is 60.6 cm³/mol. The molecule has 0 aliphatic carbocycles. The molecular formula is C12H10F3NO2. The first-order chi connectivity index (χ1) is 8.40. The van der Waals surface area contributed by atoms with E-state index in [1.807, 2.05) is 0 Å². The van der Waals surface area contributed by atoms with Crippen molar-refractivity contribution in [2.24, 2.45) is 0 Å². The number of rotatable bonds is 2. The maximum atomic E-state index is 12.2. The van der Waals surface area contributed by atoms with Crippen molar-refractivity contribution in [2.75, 3.05) is 0 Å². The van der Waals surface area contributed by atoms with Crippen LogP contribution < -0.4 is 10.2 Å². The molecule has 1 N–H and O–H groups in total. The zero-order chi connectivity index (χ0) is 13.3. The Kier molecular flexibility index (Phi) is 3.02. The molecule has 6 heteroatoms. The molecule has 1 aromatic carbocycles. The van der Waals surface area contributed by atoms with E-state index >= 15 is 0 Å². The minimum absolute atomic E-state index is 0.0687. The largest absolute Gasteiger partial charge is 0.573 e. The van der Waals surface area contributed by atoms with E-state index < -0.39 is 12.1 Å². The Morgan fingerprint density at radius 3 is 2.67 bits per heavy atom. The molecule has 1 heterocycles. The highest BCUT2D eigenvalue weighted by Crippen LogP contribution is 2.28. The summed E-state index contributed by atoms with van der Waals surface area (Å²) in [6, 6.07) is 5.35. The number of halogens is 3. The van der Waals surface area contributed by atoms with E-state index in [9.17, 15) is 18.0 Å². The van der Waals surface area contributed by atoms with Gasteiger partial charge in [0, 0.05) is 17.1 Å². The van der Waals surface area contributed by atoms with Crippen LogP contribution in [0.15, 0.2) is 29.1 Å². The Morgan fingerprint density at radius 1 is 1.33 bits per heavy atom. The first kappa shape index (κ1) is 12.5. The molecule has 0 saturated heterocycles. The molecular weight excluding hydrogens is 247 g/mol. The molecule has 3 nitrogen and oxygen atoms in total. The van der Waals surface area contributed by atoms with Gasteiger partial charge in [0.15, 0.2) is 11.2 Å². The van der Waals surface area contributed by atoms with Crippen molar-refractivity contribution in [3.8, 4) is 5.75 Å². The van der Waals surface area contributed by atoms with E-state index in [0.717, 1.165) is 0 Å². The fraction of sp³-hybridized carbons (Fsp3) is 0.250. The molecule has 0 radical (unpaired) electrons. The molecule has 0 amide bonds. The average molecular weight is 257 g/mol. The molecule has 2 rings (SSSR count). The van der Waals surface area contributed by atoms with Gasteiger partial charge in [-0.15, -0.1) is 13.2 Å². The summed E-state index contributed by atoms with van der Waals surface area (Å²) in [6.45, 7) is 1.80. The summed E-state index contributed by atoms with van der Waals surface area (Å²) in [5.74, 6) is -0.396. The number of hydrogen-bond donors (Lipinski definition) is 1. The number of alkyl halides is 3. The summed E-state index contributed by atoms with van der Waals surface area (Å²) in [5, 5.41) is 0.175. The van der Waals surface area contributed by atoms with Gasteiger partial charge in [-0.05, 0) is 18.6 Å². The van der Waals surface area contributed by atoms with Crippen LogP contribution in [0.5, 0.6) is 5.75 Å². The number of hydrogen-bond acceptors (Lipinski definition) is 2. The van der Waals surface area contributed by atoms with Crippen LogP contribution >= 0.6 is 0 Å². The van der Waals surface area contributed by atoms with Crippen LogP contribution in [0.25, 0.3) is 10.9 Å². The highest BCUT2D eigenvalue weighted by molar-refractivity contribution is 5.84. The highest BCUT2D eigenvalue weighted by Gasteiger charge is 2.32. The average Bonchev–Trinajstić information content (AvgIpc) is 2.28. The Balaban J connectivity index is 2.67. The number of nitrogens with one attached hydrogen (secondary N) is 1. The standard InChI is InChI=1S/C12H10F3NO2/c1-2-7-6-9(17)8-4-3-5-10(11(8)16-7)18-12(13,14)15/h3-6H,2H2,1H3,(H,16,17). The molecule has 18 heavy (non-hydrogen) atoms. The number of aromatic amines is 1. The van der Waals surface area contributed by atoms with Crippen LogP contribution in [-0.2, 0) is 6.42 Å². The molecule has 2 aromatic rings. The van der Waals surface area contributed by atoms with E-state index in [2.05, 4.69) is 9.72 Å². The smallest absolute Gasteiger partial charge is 0.404 e. The Bertz CT molecular complexity index is 631. The summed E-state index contributed by atoms with van der Waals surface area (Å²) in [5.41, 5.74) is 0.304. The normalized spacial score (nSPS) is 11.8. The molecule has 0 fully saturated rings. The lowest BCUT2D eigenvalue weighted by Crippen LogP contribution is -2.18. The molecule has 0 spiro atoms. The molecule has 1 aromatic heterocycles. The fourth-order valence-electron chi connectivity index (χ4n) is 1.70. The topological polar surface area (TPSA) is 42.1 Å². The molecule has 0 unspecified atom stereocenters. The van der Waals surface area contributed by atoms with E-state index in [-0.39, 0.29) is 16.3 Å². The third kappa shape index (κ3) is 2.47. The van der Waals surface area contributed by atoms with Crippen molar-refractivity contribution in [3.05, 3.63) is 40.2 Å². The third-order valence-corrected chi connectivity index (χ3v) is 2.49. The van der Waals surface area contributed by atoms with Crippen molar-refractivity contribution in [1.29, 1.82) is 0 Å². The molecule has 0 bridgehead atoms. The van der Waals surface area contributed by atoms with Crippen molar-refractivity contribution < 1.29 is 17.9 Å². The third-order valence-electron chi connectivity index (χ3n) is 2.49. The van der Waals surface area contributed by atoms with Gasteiger partial charge >= 0.3 is 6.36 Å². The monoisotopic (exact) mass is 257 g/mol. The number of aryl methyl sites for hydroxylation is 1. The van der Waals surface area contributed by atoms with Gasteiger partial charge in [0.05, 0.1) is 5.52 Å². The second kappa shape index (κ2) is 4.36. The maximum Gasteiger partial charge on any atom is 0.573 e. The SMILES string of the molecule is CCc1cc(=O)c2cccc(OC(F)(F)F)c2[nH]1. The van der Waals surface area contributed by atoms with Gasteiger partial charge < -0.3 is 9.72 Å². The van der Waals surface area contributed by atoms with Gasteiger partial charge in [-0.2, -0.15) is 0 Å². The van der Waals surface area contributed by atoms with Gasteiger partial charge in [-0.3, -0.25) is 4.79 Å². The fourth-order valence-corrected chi connectivity index (χ4v) is 1.70. The van der Waals surface area contributed by atoms with Gasteiger partial charge in [0.1, 0.15) is 0 Å². The predicted octanol–water partition coefficient (Wildman–Crippen LogP) is 2.99. The van der Waals surface area contributed by atoms with Gasteiger partial charge in [0.25, 0.3) is 0 Å². The van der Waals surface area contributed by atoms with E-state index in [0.29, 0.717) is 12.1 Å². The molecule has 0 aliphatic heterocycles. The summed E-state index contributed by atoms with van der Waals surface area (Å²) >= 11 is 0. The Labute approximate surface area is 100 Å². The number of pyridine rings is 1. The van der Waals surface area contributed by atoms with Crippen LogP contribution in [0.1, 0.15) is 12.6 Å². The van der Waals surface area contributed by atoms with Crippen LogP contribution in [0, 0.1) is 0 Å². The van der Waals surface area contributed by atoms with Crippen molar-refractivity contribution >= 4 is 10.9 Å². The first-order valence-electron chi connectivity index (χ1n) is 5.31. The zero-order valence-electron chi connectivity index (χ0n) is 9.47. The lowest BCUT2D eigenvalue weighted by molar-refractivity contribution is -0.274. The molecule has 0 saturated carbocycles. The van der Waals surface area contributed by atoms with Crippen LogP contribution in [0.3, 0.4) is 0 Å². The van der Waals surface area contributed by atoms with Gasteiger partial charge in [-0.25, -0.2) is 0 Å². The van der Waals surface area contributed by atoms with Gasteiger partial charge in [0.2, 0.25) is 0 Å². The lowest BCUT2D eigenvalue weighted by atomic mass is 10.1. The van der Waals surface area contributed by atoms with E-state index in [4.69, 9.17) is 0 Å². The number of para-hydroxylation sites is 1. The summed E-state index contributed by atoms with van der Waals surface area (Å²) < 4.78 is 40.6. The molecule has 0 aliphatic rings. The maximum absolute atomic E-state index is 12.2. The second-order valence-corrected chi connectivity index (χ2v) is 3.74. The minimum atomic E-state index is -4.78. The molecule has 0 atom stereocenters.